The molecule has 0 radical (unpaired) electrons. The van der Waals surface area contributed by atoms with Gasteiger partial charge >= 0.3 is 0 Å². The highest BCUT2D eigenvalue weighted by atomic mass is 35.7. The molecule has 0 amide bonds. The number of pyridine rings is 1. The summed E-state index contributed by atoms with van der Waals surface area (Å²) in [5.74, 6) is 0.580. The first kappa shape index (κ1) is 17.8. The molecule has 2 aromatic rings. The molecule has 1 atom stereocenters. The molecule has 1 aliphatic heterocycles. The van der Waals surface area contributed by atoms with Crippen LogP contribution in [0, 0.1) is 10.2 Å². The van der Waals surface area contributed by atoms with E-state index in [1.54, 1.807) is 0 Å². The number of aromatic nitrogens is 1. The van der Waals surface area contributed by atoms with Crippen molar-refractivity contribution in [3.05, 3.63) is 65.5 Å². The highest BCUT2D eigenvalue weighted by Gasteiger charge is 2.30. The fourth-order valence-corrected chi connectivity index (χ4v) is 3.02. The Kier molecular flexibility index (Phi) is 6.10. The topological polar surface area (TPSA) is 96.1 Å². The molecule has 1 aromatic heterocycles. The van der Waals surface area contributed by atoms with Crippen molar-refractivity contribution in [2.45, 2.75) is 38.6 Å². The van der Waals surface area contributed by atoms with Gasteiger partial charge in [-0.05, 0) is 12.0 Å². The second kappa shape index (κ2) is 7.86. The first-order valence-electron chi connectivity index (χ1n) is 7.58. The molecule has 5 nitrogen and oxygen atoms in total. The lowest BCUT2D eigenvalue weighted by Crippen LogP contribution is -2.68. The van der Waals surface area contributed by atoms with E-state index in [0.29, 0.717) is 5.92 Å². The number of fused-ring (bicyclic) bond motifs is 2. The summed E-state index contributed by atoms with van der Waals surface area (Å²) in [6, 6.07) is 15.5. The summed E-state index contributed by atoms with van der Waals surface area (Å²) in [5.41, 5.74) is 4.50. The summed E-state index contributed by atoms with van der Waals surface area (Å²) in [7, 11) is -4.94. The molecule has 6 heteroatoms. The number of benzene rings is 1. The van der Waals surface area contributed by atoms with Gasteiger partial charge in [-0.15, -0.1) is 10.2 Å². The van der Waals surface area contributed by atoms with Crippen LogP contribution >= 0.6 is 0 Å². The minimum Gasteiger partial charge on any atom is -0.222 e. The van der Waals surface area contributed by atoms with Gasteiger partial charge in [-0.25, -0.2) is 18.6 Å². The number of nitrogens with zero attached hydrogens (tertiary/aromatic N) is 1. The molecule has 0 bridgehead atoms. The first-order valence-corrected chi connectivity index (χ1v) is 8.81. The van der Waals surface area contributed by atoms with Crippen LogP contribution < -0.4 is 23.2 Å². The van der Waals surface area contributed by atoms with Gasteiger partial charge in [0.2, 0.25) is 0 Å². The Balaban J connectivity index is 0.000000338. The van der Waals surface area contributed by atoms with E-state index in [4.69, 9.17) is 18.6 Å². The number of halogens is 1. The maximum atomic E-state index is 8.49. The van der Waals surface area contributed by atoms with Crippen LogP contribution in [-0.4, -0.2) is 0 Å². The van der Waals surface area contributed by atoms with Crippen molar-refractivity contribution < 1.29 is 33.4 Å². The van der Waals surface area contributed by atoms with Gasteiger partial charge in [0.25, 0.3) is 0 Å². The maximum absolute atomic E-state index is 8.49. The van der Waals surface area contributed by atoms with E-state index >= 15 is 0 Å². The van der Waals surface area contributed by atoms with E-state index in [1.165, 1.54) is 36.1 Å². The van der Waals surface area contributed by atoms with E-state index < -0.39 is 10.2 Å². The summed E-state index contributed by atoms with van der Waals surface area (Å²) in [6.07, 6.45) is 6.04. The van der Waals surface area contributed by atoms with Crippen molar-refractivity contribution in [3.8, 4) is 0 Å². The third kappa shape index (κ3) is 5.27. The highest BCUT2D eigenvalue weighted by molar-refractivity contribution is 5.35. The van der Waals surface area contributed by atoms with Gasteiger partial charge in [-0.2, -0.15) is 4.57 Å². The van der Waals surface area contributed by atoms with Crippen molar-refractivity contribution in [1.29, 1.82) is 0 Å². The van der Waals surface area contributed by atoms with E-state index in [0.717, 1.165) is 6.54 Å². The van der Waals surface area contributed by atoms with Crippen molar-refractivity contribution in [3.63, 3.8) is 0 Å². The molecule has 1 aromatic carbocycles. The Hall–Kier alpha value is -1.50. The second-order valence-corrected chi connectivity index (χ2v) is 6.28. The lowest BCUT2D eigenvalue weighted by atomic mass is 9.84. The molecule has 23 heavy (non-hydrogen) atoms. The van der Waals surface area contributed by atoms with Gasteiger partial charge in [-0.3, -0.25) is 0 Å². The normalized spacial score (nSPS) is 16.0. The molecule has 1 aliphatic rings. The number of rotatable bonds is 3. The summed E-state index contributed by atoms with van der Waals surface area (Å²) in [4.78, 5) is 0. The van der Waals surface area contributed by atoms with Gasteiger partial charge in [0.05, 0.1) is 5.92 Å². The minimum atomic E-state index is -4.94. The Morgan fingerprint density at radius 1 is 1.04 bits per heavy atom. The molecular weight excluding hydrogens is 318 g/mol. The van der Waals surface area contributed by atoms with Gasteiger partial charge in [0.1, 0.15) is 0 Å². The van der Waals surface area contributed by atoms with E-state index in [2.05, 4.69) is 60.2 Å². The van der Waals surface area contributed by atoms with Crippen LogP contribution in [0.25, 0.3) is 0 Å². The minimum absolute atomic E-state index is 0.580. The van der Waals surface area contributed by atoms with Gasteiger partial charge in [0, 0.05) is 17.7 Å². The first-order chi connectivity index (χ1) is 10.9. The molecule has 1 unspecified atom stereocenters. The molecule has 0 N–H and O–H groups in total. The molecule has 0 saturated heterocycles. The average Bonchev–Trinajstić information content (AvgIpc) is 2.50. The van der Waals surface area contributed by atoms with Gasteiger partial charge < -0.3 is 0 Å². The van der Waals surface area contributed by atoms with Crippen molar-refractivity contribution >= 4 is 0 Å². The Morgan fingerprint density at radius 2 is 1.70 bits per heavy atom. The zero-order valence-electron chi connectivity index (χ0n) is 13.0. The largest absolute Gasteiger partial charge is 0.222 e. The van der Waals surface area contributed by atoms with Gasteiger partial charge in [-0.1, -0.05) is 50.1 Å². The SMILES string of the molecule is CCCCC1c2ccccc2C[n+]2ccccc21.[O-][Cl+3]([O-])([O-])[O-]. The summed E-state index contributed by atoms with van der Waals surface area (Å²) in [6.45, 7) is 3.29. The number of hydrogen-bond donors (Lipinski definition) is 0. The van der Waals surface area contributed by atoms with E-state index in [1.807, 2.05) is 0 Å². The fraction of sp³-hybridized carbons (Fsp3) is 0.353. The van der Waals surface area contributed by atoms with Crippen LogP contribution in [0.2, 0.25) is 0 Å². The van der Waals surface area contributed by atoms with Crippen LogP contribution in [-0.2, 0) is 6.54 Å². The summed E-state index contributed by atoms with van der Waals surface area (Å²) in [5, 5.41) is 0. The molecular formula is C17H20ClNO4. The standard InChI is InChI=1S/C17H20N.ClHO4/c1-2-3-9-16-15-10-5-4-8-14(15)13-18-12-7-6-11-17(16)18;2-1(3,4)5/h4-8,10-12,16H,2-3,9,13H2,1H3;(H,2,3,4,5)/q+1;/p-1. The predicted molar refractivity (Wildman–Crippen MR) is 73.5 cm³/mol. The monoisotopic (exact) mass is 337 g/mol. The van der Waals surface area contributed by atoms with Crippen LogP contribution in [0.1, 0.15) is 48.9 Å². The Labute approximate surface area is 138 Å². The van der Waals surface area contributed by atoms with Crippen LogP contribution in [0.15, 0.2) is 48.7 Å². The summed E-state index contributed by atoms with van der Waals surface area (Å²) < 4.78 is 36.4. The highest BCUT2D eigenvalue weighted by Crippen LogP contribution is 2.32. The van der Waals surface area contributed by atoms with Crippen molar-refractivity contribution in [1.82, 2.24) is 0 Å². The molecule has 0 aliphatic carbocycles. The predicted octanol–water partition coefficient (Wildman–Crippen LogP) is -1.10. The molecule has 0 saturated carbocycles. The molecule has 2 heterocycles. The quantitative estimate of drug-likeness (QED) is 0.664. The third-order valence-electron chi connectivity index (χ3n) is 3.95. The number of unbranched alkanes of at least 4 members (excludes halogenated alkanes) is 1. The third-order valence-corrected chi connectivity index (χ3v) is 3.95. The van der Waals surface area contributed by atoms with Gasteiger partial charge in [0.15, 0.2) is 18.4 Å². The number of hydrogen-bond acceptors (Lipinski definition) is 4. The lowest BCUT2D eigenvalue weighted by molar-refractivity contribution is -2.00. The maximum Gasteiger partial charge on any atom is 0.189 e. The molecule has 0 fully saturated rings. The van der Waals surface area contributed by atoms with Crippen LogP contribution in [0.4, 0.5) is 0 Å². The lowest BCUT2D eigenvalue weighted by Gasteiger charge is -2.23. The van der Waals surface area contributed by atoms with Crippen LogP contribution in [0.3, 0.4) is 0 Å². The summed E-state index contributed by atoms with van der Waals surface area (Å²) >= 11 is 0. The van der Waals surface area contributed by atoms with Crippen molar-refractivity contribution in [2.24, 2.45) is 0 Å². The fourth-order valence-electron chi connectivity index (χ4n) is 3.02. The van der Waals surface area contributed by atoms with E-state index in [9.17, 15) is 0 Å². The zero-order chi connectivity index (χ0) is 16.9. The average molecular weight is 338 g/mol. The zero-order valence-corrected chi connectivity index (χ0v) is 13.7. The molecule has 3 rings (SSSR count). The Morgan fingerprint density at radius 3 is 2.39 bits per heavy atom. The smallest absolute Gasteiger partial charge is 0.189 e. The van der Waals surface area contributed by atoms with Crippen LogP contribution in [0.5, 0.6) is 0 Å². The van der Waals surface area contributed by atoms with Crippen molar-refractivity contribution in [2.75, 3.05) is 0 Å². The van der Waals surface area contributed by atoms with E-state index in [-0.39, 0.29) is 0 Å². The molecule has 0 spiro atoms. The Bertz CT molecular complexity index is 591. The molecule has 124 valence electrons. The second-order valence-electron chi connectivity index (χ2n) is 5.52.